The van der Waals surface area contributed by atoms with Gasteiger partial charge in [0.05, 0.1) is 0 Å². The minimum absolute atomic E-state index is 0.0922. The second kappa shape index (κ2) is 5.03. The molecule has 10 heavy (non-hydrogen) atoms. The van der Waals surface area contributed by atoms with E-state index in [1.165, 1.54) is 0 Å². The lowest BCUT2D eigenvalue weighted by Gasteiger charge is -2.03. The van der Waals surface area contributed by atoms with Crippen molar-refractivity contribution >= 4 is 5.91 Å². The summed E-state index contributed by atoms with van der Waals surface area (Å²) in [6.07, 6.45) is 1.49. The molecule has 0 aliphatic heterocycles. The van der Waals surface area contributed by atoms with E-state index in [0.29, 0.717) is 13.0 Å². The van der Waals surface area contributed by atoms with Crippen LogP contribution in [0, 0.1) is 0 Å². The van der Waals surface area contributed by atoms with Crippen LogP contribution in [0.1, 0.15) is 26.7 Å². The molecular weight excluding hydrogens is 126 g/mol. The smallest absolute Gasteiger partial charge is 0.219 e. The Balaban J connectivity index is 3.35. The first-order chi connectivity index (χ1) is 4.70. The highest BCUT2D eigenvalue weighted by Crippen LogP contribution is 1.92. The molecular formula is C8H15NO. The number of amides is 1. The van der Waals surface area contributed by atoms with Gasteiger partial charge in [0.1, 0.15) is 0 Å². The summed E-state index contributed by atoms with van der Waals surface area (Å²) in [6, 6.07) is 0. The third-order valence-corrected chi connectivity index (χ3v) is 1.36. The Hall–Kier alpha value is -0.790. The highest BCUT2D eigenvalue weighted by atomic mass is 16.1. The maximum atomic E-state index is 10.7. The Kier molecular flexibility index (Phi) is 4.63. The molecule has 0 heterocycles. The van der Waals surface area contributed by atoms with Gasteiger partial charge in [0.15, 0.2) is 0 Å². The van der Waals surface area contributed by atoms with Gasteiger partial charge in [-0.05, 0) is 6.42 Å². The van der Waals surface area contributed by atoms with E-state index < -0.39 is 0 Å². The summed E-state index contributed by atoms with van der Waals surface area (Å²) in [5.41, 5.74) is 1.07. The number of nitrogens with one attached hydrogen (secondary N) is 1. The molecule has 0 aliphatic carbocycles. The van der Waals surface area contributed by atoms with Crippen LogP contribution < -0.4 is 5.32 Å². The predicted octanol–water partition coefficient (Wildman–Crippen LogP) is 1.48. The van der Waals surface area contributed by atoms with E-state index in [1.54, 1.807) is 0 Å². The van der Waals surface area contributed by atoms with Gasteiger partial charge in [-0.25, -0.2) is 0 Å². The second-order valence-electron chi connectivity index (χ2n) is 2.23. The molecule has 0 unspecified atom stereocenters. The fourth-order valence-corrected chi connectivity index (χ4v) is 0.474. The number of carbonyl (C=O) groups is 1. The Morgan fingerprint density at radius 3 is 2.40 bits per heavy atom. The van der Waals surface area contributed by atoms with Gasteiger partial charge in [-0.15, -0.1) is 0 Å². The molecule has 1 amide bonds. The van der Waals surface area contributed by atoms with Crippen LogP contribution in [0.3, 0.4) is 0 Å². The summed E-state index contributed by atoms with van der Waals surface area (Å²) in [5, 5.41) is 2.74. The summed E-state index contributed by atoms with van der Waals surface area (Å²) in [6.45, 7) is 8.26. The fourth-order valence-electron chi connectivity index (χ4n) is 0.474. The molecule has 0 aromatic rings. The van der Waals surface area contributed by atoms with Crippen LogP contribution in [0.15, 0.2) is 12.2 Å². The normalized spacial score (nSPS) is 9.00. The van der Waals surface area contributed by atoms with Crippen LogP contribution in [0.5, 0.6) is 0 Å². The van der Waals surface area contributed by atoms with Gasteiger partial charge < -0.3 is 5.32 Å². The van der Waals surface area contributed by atoms with Gasteiger partial charge in [0, 0.05) is 13.0 Å². The third kappa shape index (κ3) is 4.13. The molecule has 1 N–H and O–H groups in total. The van der Waals surface area contributed by atoms with Gasteiger partial charge in [-0.1, -0.05) is 26.0 Å². The number of carbonyl (C=O) groups excluding carboxylic acids is 1. The van der Waals surface area contributed by atoms with Crippen molar-refractivity contribution in [3.05, 3.63) is 12.2 Å². The molecule has 0 rings (SSSR count). The van der Waals surface area contributed by atoms with Crippen molar-refractivity contribution in [2.24, 2.45) is 0 Å². The highest BCUT2D eigenvalue weighted by molar-refractivity contribution is 5.75. The van der Waals surface area contributed by atoms with Crippen molar-refractivity contribution in [3.63, 3.8) is 0 Å². The lowest BCUT2D eigenvalue weighted by atomic mass is 10.2. The molecule has 0 aromatic carbocycles. The first-order valence-electron chi connectivity index (χ1n) is 3.64. The van der Waals surface area contributed by atoms with Crippen LogP contribution in [0.2, 0.25) is 0 Å². The van der Waals surface area contributed by atoms with Crippen LogP contribution in [-0.2, 0) is 4.79 Å². The molecule has 2 nitrogen and oxygen atoms in total. The molecule has 0 saturated heterocycles. The van der Waals surface area contributed by atoms with E-state index in [4.69, 9.17) is 0 Å². The first-order valence-corrected chi connectivity index (χ1v) is 3.64. The van der Waals surface area contributed by atoms with Crippen LogP contribution >= 0.6 is 0 Å². The molecule has 58 valence electrons. The zero-order valence-corrected chi connectivity index (χ0v) is 6.74. The van der Waals surface area contributed by atoms with Gasteiger partial charge in [0.25, 0.3) is 0 Å². The van der Waals surface area contributed by atoms with E-state index in [-0.39, 0.29) is 5.91 Å². The Morgan fingerprint density at radius 2 is 2.00 bits per heavy atom. The first kappa shape index (κ1) is 9.21. The van der Waals surface area contributed by atoms with Gasteiger partial charge in [0.2, 0.25) is 5.91 Å². The maximum Gasteiger partial charge on any atom is 0.219 e. The summed E-state index contributed by atoms with van der Waals surface area (Å²) in [5.74, 6) is 0.0922. The SMILES string of the molecule is C=C(CC)CNC(=O)CC. The molecule has 0 aromatic heterocycles. The molecule has 0 atom stereocenters. The average Bonchev–Trinajstić information content (AvgIpc) is 1.99. The van der Waals surface area contributed by atoms with E-state index >= 15 is 0 Å². The van der Waals surface area contributed by atoms with Crippen molar-refractivity contribution in [2.45, 2.75) is 26.7 Å². The lowest BCUT2D eigenvalue weighted by Crippen LogP contribution is -2.23. The molecule has 0 aliphatic rings. The number of rotatable bonds is 4. The Bertz CT molecular complexity index is 113. The second-order valence-corrected chi connectivity index (χ2v) is 2.23. The van der Waals surface area contributed by atoms with Crippen molar-refractivity contribution < 1.29 is 4.79 Å². The fraction of sp³-hybridized carbons (Fsp3) is 0.625. The molecule has 2 heteroatoms. The minimum Gasteiger partial charge on any atom is -0.352 e. The number of hydrogen-bond acceptors (Lipinski definition) is 1. The van der Waals surface area contributed by atoms with E-state index in [1.807, 2.05) is 13.8 Å². The largest absolute Gasteiger partial charge is 0.352 e. The molecule has 0 fully saturated rings. The molecule has 0 saturated carbocycles. The van der Waals surface area contributed by atoms with Crippen LogP contribution in [-0.4, -0.2) is 12.5 Å². The van der Waals surface area contributed by atoms with Gasteiger partial charge in [-0.2, -0.15) is 0 Å². The monoisotopic (exact) mass is 141 g/mol. The van der Waals surface area contributed by atoms with Gasteiger partial charge in [-0.3, -0.25) is 4.79 Å². The molecule has 0 radical (unpaired) electrons. The van der Waals surface area contributed by atoms with Crippen molar-refractivity contribution in [3.8, 4) is 0 Å². The third-order valence-electron chi connectivity index (χ3n) is 1.36. The quantitative estimate of drug-likeness (QED) is 0.590. The maximum absolute atomic E-state index is 10.7. The number of hydrogen-bond donors (Lipinski definition) is 1. The standard InChI is InChI=1S/C8H15NO/c1-4-7(3)6-9-8(10)5-2/h3-6H2,1-2H3,(H,9,10). The van der Waals surface area contributed by atoms with E-state index in [2.05, 4.69) is 11.9 Å². The van der Waals surface area contributed by atoms with E-state index in [0.717, 1.165) is 12.0 Å². The van der Waals surface area contributed by atoms with Crippen molar-refractivity contribution in [2.75, 3.05) is 6.54 Å². The highest BCUT2D eigenvalue weighted by Gasteiger charge is 1.95. The molecule has 0 spiro atoms. The van der Waals surface area contributed by atoms with Crippen molar-refractivity contribution in [1.82, 2.24) is 5.32 Å². The minimum atomic E-state index is 0.0922. The van der Waals surface area contributed by atoms with E-state index in [9.17, 15) is 4.79 Å². The summed E-state index contributed by atoms with van der Waals surface area (Å²) in [7, 11) is 0. The lowest BCUT2D eigenvalue weighted by molar-refractivity contribution is -0.120. The van der Waals surface area contributed by atoms with Gasteiger partial charge >= 0.3 is 0 Å². The van der Waals surface area contributed by atoms with Crippen LogP contribution in [0.25, 0.3) is 0 Å². The predicted molar refractivity (Wildman–Crippen MR) is 42.7 cm³/mol. The molecule has 0 bridgehead atoms. The Labute approximate surface area is 62.3 Å². The zero-order valence-electron chi connectivity index (χ0n) is 6.74. The van der Waals surface area contributed by atoms with Crippen LogP contribution in [0.4, 0.5) is 0 Å². The Morgan fingerprint density at radius 1 is 1.40 bits per heavy atom. The topological polar surface area (TPSA) is 29.1 Å². The average molecular weight is 141 g/mol. The summed E-state index contributed by atoms with van der Waals surface area (Å²) >= 11 is 0. The van der Waals surface area contributed by atoms with Crippen molar-refractivity contribution in [1.29, 1.82) is 0 Å². The summed E-state index contributed by atoms with van der Waals surface area (Å²) < 4.78 is 0. The summed E-state index contributed by atoms with van der Waals surface area (Å²) in [4.78, 5) is 10.7. The zero-order chi connectivity index (χ0) is 7.98.